The molecule has 20 heavy (non-hydrogen) atoms. The van der Waals surface area contributed by atoms with Crippen LogP contribution in [0.1, 0.15) is 44.1 Å². The van der Waals surface area contributed by atoms with E-state index in [1.807, 2.05) is 11.5 Å². The molecule has 2 rings (SSSR count). The van der Waals surface area contributed by atoms with Crippen LogP contribution in [0, 0.1) is 5.41 Å². The van der Waals surface area contributed by atoms with Crippen LogP contribution >= 0.6 is 11.8 Å². The zero-order valence-electron chi connectivity index (χ0n) is 12.2. The highest BCUT2D eigenvalue weighted by Crippen LogP contribution is 2.39. The number of nitrogens with two attached hydrogens (primary N) is 1. The highest BCUT2D eigenvalue weighted by molar-refractivity contribution is 8.08. The maximum atomic E-state index is 11.7. The van der Waals surface area contributed by atoms with Crippen LogP contribution in [0.25, 0.3) is 4.91 Å². The Labute approximate surface area is 123 Å². The van der Waals surface area contributed by atoms with Gasteiger partial charge in [-0.2, -0.15) is 0 Å². The van der Waals surface area contributed by atoms with Gasteiger partial charge in [0.15, 0.2) is 0 Å². The van der Waals surface area contributed by atoms with Gasteiger partial charge >= 0.3 is 0 Å². The molecule has 0 bridgehead atoms. The van der Waals surface area contributed by atoms with Gasteiger partial charge in [0.25, 0.3) is 5.91 Å². The fourth-order valence-corrected chi connectivity index (χ4v) is 3.63. The Kier molecular flexibility index (Phi) is 4.38. The standard InChI is InChI=1S/C15H21N3OS/c1-4-7-10-9(5-2)8-11-13(20-6-3)12(15(17)19)14(16)18(10)11/h8,16H,4-7H2,1-3H3,(H2,17,19). The molecule has 0 spiro atoms. The first-order valence-corrected chi connectivity index (χ1v) is 8.05. The quantitative estimate of drug-likeness (QED) is 0.846. The second-order valence-corrected chi connectivity index (χ2v) is 6.06. The summed E-state index contributed by atoms with van der Waals surface area (Å²) < 4.78 is 1.92. The summed E-state index contributed by atoms with van der Waals surface area (Å²) in [6.07, 6.45) is 2.88. The lowest BCUT2D eigenvalue weighted by atomic mass is 10.1. The van der Waals surface area contributed by atoms with E-state index in [2.05, 4.69) is 19.9 Å². The second kappa shape index (κ2) is 5.87. The average molecular weight is 291 g/mol. The van der Waals surface area contributed by atoms with E-state index in [4.69, 9.17) is 11.1 Å². The van der Waals surface area contributed by atoms with Gasteiger partial charge in [-0.15, -0.1) is 11.8 Å². The lowest BCUT2D eigenvalue weighted by molar-refractivity contribution is -0.114. The van der Waals surface area contributed by atoms with Crippen molar-refractivity contribution in [1.82, 2.24) is 4.57 Å². The molecule has 0 aromatic carbocycles. The molecule has 108 valence electrons. The molecule has 1 amide bonds. The number of hydrogen-bond donors (Lipinski definition) is 2. The third-order valence-electron chi connectivity index (χ3n) is 3.52. The predicted octanol–water partition coefficient (Wildman–Crippen LogP) is 2.79. The Morgan fingerprint density at radius 2 is 2.10 bits per heavy atom. The Bertz CT molecular complexity index is 599. The number of thioether (sulfide) groups is 1. The Hall–Kier alpha value is -1.49. The van der Waals surface area contributed by atoms with Crippen molar-refractivity contribution in [3.05, 3.63) is 28.6 Å². The average Bonchev–Trinajstić information content (AvgIpc) is 2.88. The molecule has 0 atom stereocenters. The number of rotatable bonds is 6. The first kappa shape index (κ1) is 14.9. The summed E-state index contributed by atoms with van der Waals surface area (Å²) in [5.74, 6) is 0.594. The van der Waals surface area contributed by atoms with Crippen molar-refractivity contribution in [3.8, 4) is 0 Å². The van der Waals surface area contributed by atoms with E-state index >= 15 is 0 Å². The Morgan fingerprint density at radius 1 is 1.40 bits per heavy atom. The van der Waals surface area contributed by atoms with E-state index in [9.17, 15) is 4.79 Å². The van der Waals surface area contributed by atoms with Crippen molar-refractivity contribution < 1.29 is 4.79 Å². The molecular formula is C15H21N3OS. The van der Waals surface area contributed by atoms with Gasteiger partial charge in [0.1, 0.15) is 5.84 Å². The molecule has 1 aliphatic heterocycles. The highest BCUT2D eigenvalue weighted by atomic mass is 32.2. The molecule has 0 unspecified atom stereocenters. The first-order chi connectivity index (χ1) is 9.56. The van der Waals surface area contributed by atoms with Gasteiger partial charge in [-0.05, 0) is 30.2 Å². The summed E-state index contributed by atoms with van der Waals surface area (Å²) in [4.78, 5) is 12.5. The van der Waals surface area contributed by atoms with Gasteiger partial charge in [0.2, 0.25) is 0 Å². The summed E-state index contributed by atoms with van der Waals surface area (Å²) in [7, 11) is 0. The first-order valence-electron chi connectivity index (χ1n) is 7.06. The van der Waals surface area contributed by atoms with Crippen molar-refractivity contribution in [1.29, 1.82) is 5.41 Å². The number of carbonyl (C=O) groups is 1. The molecule has 1 aromatic rings. The van der Waals surface area contributed by atoms with Crippen LogP contribution in [0.2, 0.25) is 0 Å². The number of primary amides is 1. The monoisotopic (exact) mass is 291 g/mol. The number of hydrogen-bond acceptors (Lipinski definition) is 3. The van der Waals surface area contributed by atoms with Crippen LogP contribution in [0.15, 0.2) is 11.6 Å². The van der Waals surface area contributed by atoms with Gasteiger partial charge in [-0.3, -0.25) is 14.8 Å². The molecule has 0 aliphatic carbocycles. The van der Waals surface area contributed by atoms with Gasteiger partial charge < -0.3 is 5.73 Å². The predicted molar refractivity (Wildman–Crippen MR) is 85.2 cm³/mol. The largest absolute Gasteiger partial charge is 0.365 e. The molecule has 0 saturated heterocycles. The van der Waals surface area contributed by atoms with E-state index in [0.29, 0.717) is 5.57 Å². The second-order valence-electron chi connectivity index (χ2n) is 4.79. The normalized spacial score (nSPS) is 14.1. The van der Waals surface area contributed by atoms with E-state index in [0.717, 1.165) is 41.3 Å². The lowest BCUT2D eigenvalue weighted by Crippen LogP contribution is -2.23. The van der Waals surface area contributed by atoms with Crippen molar-refractivity contribution in [3.63, 3.8) is 0 Å². The number of aromatic nitrogens is 1. The molecule has 1 aromatic heterocycles. The molecule has 5 heteroatoms. The minimum atomic E-state index is -0.504. The van der Waals surface area contributed by atoms with Crippen LogP contribution < -0.4 is 5.73 Å². The van der Waals surface area contributed by atoms with Crippen LogP contribution in [-0.4, -0.2) is 22.1 Å². The van der Waals surface area contributed by atoms with Gasteiger partial charge in [0.05, 0.1) is 11.3 Å². The smallest absolute Gasteiger partial charge is 0.253 e. The molecular weight excluding hydrogens is 270 g/mol. The summed E-state index contributed by atoms with van der Waals surface area (Å²) in [6.45, 7) is 6.29. The summed E-state index contributed by atoms with van der Waals surface area (Å²) in [6, 6.07) is 2.12. The number of amides is 1. The summed E-state index contributed by atoms with van der Waals surface area (Å²) >= 11 is 1.59. The van der Waals surface area contributed by atoms with Crippen molar-refractivity contribution in [2.24, 2.45) is 5.73 Å². The van der Waals surface area contributed by atoms with Crippen molar-refractivity contribution in [2.45, 2.75) is 40.0 Å². The maximum Gasteiger partial charge on any atom is 0.253 e. The third kappa shape index (κ3) is 2.20. The Morgan fingerprint density at radius 3 is 2.60 bits per heavy atom. The highest BCUT2D eigenvalue weighted by Gasteiger charge is 2.33. The van der Waals surface area contributed by atoms with Crippen LogP contribution in [-0.2, 0) is 17.6 Å². The fourth-order valence-electron chi connectivity index (χ4n) is 2.71. The topological polar surface area (TPSA) is 71.9 Å². The number of nitrogens with zero attached hydrogens (tertiary/aromatic N) is 1. The van der Waals surface area contributed by atoms with Crippen LogP contribution in [0.4, 0.5) is 0 Å². The number of carbonyl (C=O) groups excluding carboxylic acids is 1. The Balaban J connectivity index is 2.63. The van der Waals surface area contributed by atoms with Crippen LogP contribution in [0.3, 0.4) is 0 Å². The lowest BCUT2D eigenvalue weighted by Gasteiger charge is -2.09. The number of fused-ring (bicyclic) bond motifs is 1. The van der Waals surface area contributed by atoms with Crippen LogP contribution in [0.5, 0.6) is 0 Å². The fraction of sp³-hybridized carbons (Fsp3) is 0.467. The van der Waals surface area contributed by atoms with Crippen molar-refractivity contribution >= 4 is 28.4 Å². The summed E-state index contributed by atoms with van der Waals surface area (Å²) in [5.41, 5.74) is 9.23. The van der Waals surface area contributed by atoms with E-state index < -0.39 is 5.91 Å². The molecule has 2 heterocycles. The summed E-state index contributed by atoms with van der Waals surface area (Å²) in [5, 5.41) is 8.33. The van der Waals surface area contributed by atoms with Gasteiger partial charge in [-0.1, -0.05) is 27.2 Å². The molecule has 0 saturated carbocycles. The zero-order chi connectivity index (χ0) is 14.9. The number of nitrogens with one attached hydrogen (secondary N) is 1. The van der Waals surface area contributed by atoms with Gasteiger partial charge in [0, 0.05) is 10.6 Å². The van der Waals surface area contributed by atoms with E-state index in [-0.39, 0.29) is 5.84 Å². The van der Waals surface area contributed by atoms with Crippen molar-refractivity contribution in [2.75, 3.05) is 5.75 Å². The third-order valence-corrected chi connectivity index (χ3v) is 4.51. The molecule has 1 aliphatic rings. The molecule has 4 nitrogen and oxygen atoms in total. The van der Waals surface area contributed by atoms with E-state index in [1.165, 1.54) is 5.56 Å². The number of aryl methyl sites for hydroxylation is 1. The van der Waals surface area contributed by atoms with Gasteiger partial charge in [-0.25, -0.2) is 0 Å². The minimum absolute atomic E-state index is 0.242. The SMILES string of the molecule is CCCc1c(CC)cc2n1C(=N)C(C(N)=O)=C2SCC. The van der Waals surface area contributed by atoms with E-state index in [1.54, 1.807) is 11.8 Å². The maximum absolute atomic E-state index is 11.7. The minimum Gasteiger partial charge on any atom is -0.365 e. The molecule has 0 radical (unpaired) electrons. The molecule has 3 N–H and O–H groups in total. The molecule has 0 fully saturated rings. The zero-order valence-corrected chi connectivity index (χ0v) is 13.1.